The van der Waals surface area contributed by atoms with Crippen LogP contribution in [0.15, 0.2) is 29.4 Å². The second kappa shape index (κ2) is 7.06. The molecule has 7 heteroatoms. The standard InChI is InChI=1S/C21H27ClN4OS/c1-20(2)9-16-10-21(3,12-20)13-26(16)17(27)11-28-19-24-23-18(25(19)4)14-5-7-15(22)8-6-14/h5-8,16H,9-13H2,1-4H3/t16-,21-/m0/s1. The monoisotopic (exact) mass is 418 g/mol. The van der Waals surface area contributed by atoms with Gasteiger partial charge in [0.1, 0.15) is 0 Å². The van der Waals surface area contributed by atoms with Crippen molar-refractivity contribution < 1.29 is 4.79 Å². The van der Waals surface area contributed by atoms with E-state index in [4.69, 9.17) is 11.6 Å². The number of carbonyl (C=O) groups excluding carboxylic acids is 1. The Morgan fingerprint density at radius 1 is 1.21 bits per heavy atom. The molecule has 2 heterocycles. The first-order chi connectivity index (χ1) is 13.2. The van der Waals surface area contributed by atoms with Crippen LogP contribution < -0.4 is 0 Å². The topological polar surface area (TPSA) is 51.0 Å². The highest BCUT2D eigenvalue weighted by Gasteiger charge is 2.50. The summed E-state index contributed by atoms with van der Waals surface area (Å²) < 4.78 is 1.94. The zero-order valence-electron chi connectivity index (χ0n) is 16.9. The molecule has 4 rings (SSSR count). The lowest BCUT2D eigenvalue weighted by Gasteiger charge is -2.39. The molecule has 0 N–H and O–H groups in total. The minimum Gasteiger partial charge on any atom is -0.338 e. The number of thioether (sulfide) groups is 1. The molecule has 2 fully saturated rings. The van der Waals surface area contributed by atoms with Crippen LogP contribution in [0, 0.1) is 10.8 Å². The molecular formula is C21H27ClN4OS. The van der Waals surface area contributed by atoms with E-state index >= 15 is 0 Å². The van der Waals surface area contributed by atoms with Crippen LogP contribution in [-0.4, -0.2) is 43.9 Å². The molecule has 2 aromatic rings. The van der Waals surface area contributed by atoms with Crippen LogP contribution in [-0.2, 0) is 11.8 Å². The van der Waals surface area contributed by atoms with Crippen molar-refractivity contribution in [2.45, 2.75) is 51.2 Å². The van der Waals surface area contributed by atoms with Crippen LogP contribution >= 0.6 is 23.4 Å². The molecule has 1 saturated heterocycles. The summed E-state index contributed by atoms with van der Waals surface area (Å²) in [6.07, 6.45) is 3.43. The molecule has 1 aliphatic carbocycles. The number of halogens is 1. The van der Waals surface area contributed by atoms with Gasteiger partial charge in [0.15, 0.2) is 11.0 Å². The van der Waals surface area contributed by atoms with E-state index in [0.717, 1.165) is 35.9 Å². The molecule has 1 aliphatic heterocycles. The number of likely N-dealkylation sites (tertiary alicyclic amines) is 1. The van der Waals surface area contributed by atoms with E-state index in [2.05, 4.69) is 35.9 Å². The van der Waals surface area contributed by atoms with Gasteiger partial charge in [-0.2, -0.15) is 0 Å². The van der Waals surface area contributed by atoms with Crippen LogP contribution in [0.4, 0.5) is 0 Å². The fourth-order valence-corrected chi connectivity index (χ4v) is 6.17. The average molecular weight is 419 g/mol. The summed E-state index contributed by atoms with van der Waals surface area (Å²) in [4.78, 5) is 15.1. The molecule has 2 atom stereocenters. The third-order valence-electron chi connectivity index (χ3n) is 6.00. The van der Waals surface area contributed by atoms with Crippen molar-refractivity contribution in [3.05, 3.63) is 29.3 Å². The molecule has 1 aromatic carbocycles. The number of carbonyl (C=O) groups is 1. The second-order valence-corrected chi connectivity index (χ2v) is 10.8. The first-order valence-corrected chi connectivity index (χ1v) is 11.1. The summed E-state index contributed by atoms with van der Waals surface area (Å²) in [6, 6.07) is 7.92. The fourth-order valence-electron chi connectivity index (χ4n) is 5.25. The summed E-state index contributed by atoms with van der Waals surface area (Å²) in [5.41, 5.74) is 1.54. The first-order valence-electron chi connectivity index (χ1n) is 9.73. The van der Waals surface area contributed by atoms with Crippen LogP contribution in [0.25, 0.3) is 11.4 Å². The van der Waals surface area contributed by atoms with Gasteiger partial charge < -0.3 is 9.47 Å². The number of nitrogens with zero attached hydrogens (tertiary/aromatic N) is 4. The van der Waals surface area contributed by atoms with Crippen molar-refractivity contribution in [2.75, 3.05) is 12.3 Å². The minimum atomic E-state index is 0.215. The zero-order chi connectivity index (χ0) is 20.1. The molecule has 2 aliphatic rings. The van der Waals surface area contributed by atoms with Crippen LogP contribution in [0.2, 0.25) is 5.02 Å². The Morgan fingerprint density at radius 2 is 1.93 bits per heavy atom. The van der Waals surface area contributed by atoms with Gasteiger partial charge in [0, 0.05) is 30.2 Å². The van der Waals surface area contributed by atoms with E-state index in [1.165, 1.54) is 18.2 Å². The highest BCUT2D eigenvalue weighted by molar-refractivity contribution is 7.99. The summed E-state index contributed by atoms with van der Waals surface area (Å²) in [5, 5.41) is 10.0. The number of fused-ring (bicyclic) bond motifs is 2. The van der Waals surface area contributed by atoms with Crippen molar-refractivity contribution in [1.29, 1.82) is 0 Å². The maximum atomic E-state index is 13.0. The van der Waals surface area contributed by atoms with E-state index in [0.29, 0.717) is 22.2 Å². The van der Waals surface area contributed by atoms with Gasteiger partial charge in [0.05, 0.1) is 5.75 Å². The smallest absolute Gasteiger partial charge is 0.233 e. The number of rotatable bonds is 4. The van der Waals surface area contributed by atoms with Gasteiger partial charge in [0.25, 0.3) is 0 Å². The van der Waals surface area contributed by atoms with E-state index in [-0.39, 0.29) is 11.3 Å². The van der Waals surface area contributed by atoms with Gasteiger partial charge in [-0.1, -0.05) is 44.1 Å². The predicted molar refractivity (Wildman–Crippen MR) is 113 cm³/mol. The normalized spacial score (nSPS) is 25.9. The third-order valence-corrected chi connectivity index (χ3v) is 7.25. The number of hydrogen-bond donors (Lipinski definition) is 0. The van der Waals surface area contributed by atoms with Gasteiger partial charge >= 0.3 is 0 Å². The highest BCUT2D eigenvalue weighted by atomic mass is 35.5. The average Bonchev–Trinajstić information content (AvgIpc) is 3.09. The van der Waals surface area contributed by atoms with E-state index in [1.807, 2.05) is 35.9 Å². The molecule has 0 unspecified atom stereocenters. The van der Waals surface area contributed by atoms with Crippen LogP contribution in [0.1, 0.15) is 40.0 Å². The Bertz CT molecular complexity index is 894. The maximum absolute atomic E-state index is 13.0. The summed E-state index contributed by atoms with van der Waals surface area (Å²) in [7, 11) is 1.93. The van der Waals surface area contributed by atoms with Crippen molar-refractivity contribution in [1.82, 2.24) is 19.7 Å². The van der Waals surface area contributed by atoms with Gasteiger partial charge in [-0.05, 0) is 54.4 Å². The maximum Gasteiger partial charge on any atom is 0.233 e. The second-order valence-electron chi connectivity index (χ2n) is 9.40. The number of amides is 1. The fraction of sp³-hybridized carbons (Fsp3) is 0.571. The first kappa shape index (κ1) is 19.8. The lowest BCUT2D eigenvalue weighted by atomic mass is 9.65. The molecule has 2 bridgehead atoms. The molecule has 0 spiro atoms. The molecule has 1 saturated carbocycles. The van der Waals surface area contributed by atoms with Crippen LogP contribution in [0.5, 0.6) is 0 Å². The molecule has 1 amide bonds. The lowest BCUT2D eigenvalue weighted by Crippen LogP contribution is -2.38. The van der Waals surface area contributed by atoms with Crippen molar-refractivity contribution in [3.63, 3.8) is 0 Å². The van der Waals surface area contributed by atoms with Crippen molar-refractivity contribution in [2.24, 2.45) is 17.9 Å². The Balaban J connectivity index is 1.43. The summed E-state index contributed by atoms with van der Waals surface area (Å²) in [5.74, 6) is 1.39. The van der Waals surface area contributed by atoms with E-state index < -0.39 is 0 Å². The van der Waals surface area contributed by atoms with Gasteiger partial charge in [-0.15, -0.1) is 10.2 Å². The van der Waals surface area contributed by atoms with Crippen molar-refractivity contribution >= 4 is 29.3 Å². The van der Waals surface area contributed by atoms with Gasteiger partial charge in [0.2, 0.25) is 5.91 Å². The molecular weight excluding hydrogens is 392 g/mol. The number of aromatic nitrogens is 3. The molecule has 1 aromatic heterocycles. The van der Waals surface area contributed by atoms with Gasteiger partial charge in [-0.25, -0.2) is 0 Å². The minimum absolute atomic E-state index is 0.215. The predicted octanol–water partition coefficient (Wildman–Crippen LogP) is 4.65. The molecule has 0 radical (unpaired) electrons. The number of hydrogen-bond acceptors (Lipinski definition) is 4. The highest BCUT2D eigenvalue weighted by Crippen LogP contribution is 2.52. The largest absolute Gasteiger partial charge is 0.338 e. The van der Waals surface area contributed by atoms with Crippen LogP contribution in [0.3, 0.4) is 0 Å². The molecule has 28 heavy (non-hydrogen) atoms. The summed E-state index contributed by atoms with van der Waals surface area (Å²) >= 11 is 7.43. The molecule has 150 valence electrons. The Morgan fingerprint density at radius 3 is 2.64 bits per heavy atom. The Labute approximate surface area is 175 Å². The van der Waals surface area contributed by atoms with Gasteiger partial charge in [-0.3, -0.25) is 4.79 Å². The Hall–Kier alpha value is -1.53. The third kappa shape index (κ3) is 3.81. The van der Waals surface area contributed by atoms with E-state index in [1.54, 1.807) is 0 Å². The summed E-state index contributed by atoms with van der Waals surface area (Å²) in [6.45, 7) is 7.88. The lowest BCUT2D eigenvalue weighted by molar-refractivity contribution is -0.129. The quantitative estimate of drug-likeness (QED) is 0.678. The van der Waals surface area contributed by atoms with Crippen molar-refractivity contribution in [3.8, 4) is 11.4 Å². The molecule has 5 nitrogen and oxygen atoms in total. The SMILES string of the molecule is Cn1c(SCC(=O)N2C[C@@]3(C)C[C@@H]2CC(C)(C)C3)nnc1-c1ccc(Cl)cc1. The Kier molecular flexibility index (Phi) is 4.99. The zero-order valence-corrected chi connectivity index (χ0v) is 18.5. The number of benzene rings is 1. The van der Waals surface area contributed by atoms with E-state index in [9.17, 15) is 4.79 Å².